The van der Waals surface area contributed by atoms with E-state index in [-0.39, 0.29) is 11.7 Å². The Labute approximate surface area is 226 Å². The topological polar surface area (TPSA) is 40.5 Å². The Morgan fingerprint density at radius 2 is 1.74 bits per heavy atom. The molecule has 1 atom stereocenters. The quantitative estimate of drug-likeness (QED) is 0.197. The highest BCUT2D eigenvalue weighted by molar-refractivity contribution is 6.07. The molecule has 0 amide bonds. The van der Waals surface area contributed by atoms with Crippen molar-refractivity contribution in [1.82, 2.24) is 4.57 Å². The van der Waals surface area contributed by atoms with Crippen molar-refractivity contribution in [1.29, 1.82) is 0 Å². The minimum Gasteiger partial charge on any atom is -0.488 e. The van der Waals surface area contributed by atoms with Gasteiger partial charge in [-0.1, -0.05) is 67.2 Å². The second kappa shape index (κ2) is 10.7. The zero-order valence-corrected chi connectivity index (χ0v) is 21.5. The van der Waals surface area contributed by atoms with Gasteiger partial charge in [0.05, 0.1) is 23.2 Å². The average Bonchev–Trinajstić information content (AvgIpc) is 3.64. The molecular weight excluding hydrogens is 489 g/mol. The molecule has 5 heteroatoms. The van der Waals surface area contributed by atoms with Gasteiger partial charge in [0, 0.05) is 29.3 Å². The van der Waals surface area contributed by atoms with Crippen LogP contribution in [0.15, 0.2) is 104 Å². The van der Waals surface area contributed by atoms with Gasteiger partial charge in [0.2, 0.25) is 0 Å². The summed E-state index contributed by atoms with van der Waals surface area (Å²) in [5.41, 5.74) is 7.22. The number of carbonyl (C=O) groups is 1. The minimum absolute atomic E-state index is 0.148. The number of rotatable bonds is 8. The molecule has 0 radical (unpaired) electrons. The Kier molecular flexibility index (Phi) is 6.82. The lowest BCUT2D eigenvalue weighted by molar-refractivity contribution is 0.112. The smallest absolute Gasteiger partial charge is 0.150 e. The molecule has 4 nitrogen and oxygen atoms in total. The fourth-order valence-electron chi connectivity index (χ4n) is 5.34. The van der Waals surface area contributed by atoms with E-state index in [1.54, 1.807) is 12.1 Å². The zero-order valence-electron chi connectivity index (χ0n) is 21.5. The number of hydrogen-bond acceptors (Lipinski definition) is 3. The van der Waals surface area contributed by atoms with Crippen LogP contribution in [0.5, 0.6) is 5.75 Å². The van der Waals surface area contributed by atoms with Crippen molar-refractivity contribution in [2.24, 2.45) is 5.92 Å². The first-order valence-electron chi connectivity index (χ1n) is 13.1. The summed E-state index contributed by atoms with van der Waals surface area (Å²) in [5.74, 6) is 0.593. The Balaban J connectivity index is 1.63. The number of carbonyl (C=O) groups excluding carboxylic acids is 1. The van der Waals surface area contributed by atoms with E-state index in [0.717, 1.165) is 63.0 Å². The highest BCUT2D eigenvalue weighted by Crippen LogP contribution is 2.46. The van der Waals surface area contributed by atoms with Gasteiger partial charge in [-0.25, -0.2) is 4.39 Å². The summed E-state index contributed by atoms with van der Waals surface area (Å²) in [6, 6.07) is 30.2. The molecule has 1 fully saturated rings. The van der Waals surface area contributed by atoms with Crippen molar-refractivity contribution in [3.63, 3.8) is 0 Å². The molecule has 0 saturated carbocycles. The molecule has 0 aliphatic carbocycles. The maximum atomic E-state index is 14.0. The average molecular weight is 518 g/mol. The minimum atomic E-state index is -0.295. The standard InChI is InChI=1S/C34H28FNO3/c1-23(27-18-19-38-22-27)34-32(26-12-10-24(20-37)11-13-26)33-30(36(34)29-16-14-28(35)15-17-29)8-5-9-31(33)39-21-25-6-3-2-4-7-25/h2-17,20,27H,1,18-19,21-22H2. The fraction of sp³-hybridized carbons (Fsp3) is 0.147. The first kappa shape index (κ1) is 24.8. The van der Waals surface area contributed by atoms with Crippen LogP contribution in [0.1, 0.15) is 28.0 Å². The third kappa shape index (κ3) is 4.77. The van der Waals surface area contributed by atoms with Gasteiger partial charge < -0.3 is 14.0 Å². The second-order valence-electron chi connectivity index (χ2n) is 9.79. The van der Waals surface area contributed by atoms with Gasteiger partial charge in [0.25, 0.3) is 0 Å². The summed E-state index contributed by atoms with van der Waals surface area (Å²) < 4.78 is 28.3. The van der Waals surface area contributed by atoms with Crippen molar-refractivity contribution < 1.29 is 18.7 Å². The van der Waals surface area contributed by atoms with Gasteiger partial charge in [-0.15, -0.1) is 0 Å². The molecular formula is C34H28FNO3. The molecule has 4 aromatic carbocycles. The van der Waals surface area contributed by atoms with Crippen LogP contribution in [0.25, 0.3) is 33.3 Å². The SMILES string of the molecule is C=C(c1c(-c2ccc(C=O)cc2)c2c(OCc3ccccc3)cccc2n1-c1ccc(F)cc1)C1CCOC1. The van der Waals surface area contributed by atoms with Crippen LogP contribution in [0.3, 0.4) is 0 Å². The monoisotopic (exact) mass is 517 g/mol. The van der Waals surface area contributed by atoms with E-state index in [9.17, 15) is 9.18 Å². The first-order valence-corrected chi connectivity index (χ1v) is 13.1. The number of benzene rings is 4. The predicted octanol–water partition coefficient (Wildman–Crippen LogP) is 7.88. The third-order valence-corrected chi connectivity index (χ3v) is 7.34. The molecule has 1 aliphatic heterocycles. The van der Waals surface area contributed by atoms with Crippen molar-refractivity contribution >= 4 is 22.8 Å². The van der Waals surface area contributed by atoms with E-state index in [0.29, 0.717) is 25.4 Å². The third-order valence-electron chi connectivity index (χ3n) is 7.34. The van der Waals surface area contributed by atoms with E-state index in [4.69, 9.17) is 9.47 Å². The molecule has 0 bridgehead atoms. The van der Waals surface area contributed by atoms with Gasteiger partial charge in [-0.05, 0) is 59.5 Å². The van der Waals surface area contributed by atoms with Crippen LogP contribution in [-0.2, 0) is 11.3 Å². The number of aldehydes is 1. The summed E-state index contributed by atoms with van der Waals surface area (Å²) in [7, 11) is 0. The zero-order chi connectivity index (χ0) is 26.8. The molecule has 0 spiro atoms. The molecule has 194 valence electrons. The van der Waals surface area contributed by atoms with E-state index in [2.05, 4.69) is 17.2 Å². The van der Waals surface area contributed by atoms with Gasteiger partial charge in [-0.2, -0.15) is 0 Å². The molecule has 5 aromatic rings. The molecule has 1 aliphatic rings. The number of nitrogens with zero attached hydrogens (tertiary/aromatic N) is 1. The molecule has 6 rings (SSSR count). The largest absolute Gasteiger partial charge is 0.488 e. The van der Waals surface area contributed by atoms with Crippen molar-refractivity contribution in [3.05, 3.63) is 126 Å². The van der Waals surface area contributed by atoms with Crippen LogP contribution >= 0.6 is 0 Å². The summed E-state index contributed by atoms with van der Waals surface area (Å²) in [5, 5.41) is 0.937. The number of halogens is 1. The van der Waals surface area contributed by atoms with Crippen LogP contribution in [-0.4, -0.2) is 24.1 Å². The molecule has 2 heterocycles. The maximum Gasteiger partial charge on any atom is 0.150 e. The molecule has 39 heavy (non-hydrogen) atoms. The predicted molar refractivity (Wildman–Crippen MR) is 153 cm³/mol. The lowest BCUT2D eigenvalue weighted by atomic mass is 9.91. The first-order chi connectivity index (χ1) is 19.1. The Morgan fingerprint density at radius 3 is 2.44 bits per heavy atom. The summed E-state index contributed by atoms with van der Waals surface area (Å²) in [6.07, 6.45) is 1.72. The molecule has 1 saturated heterocycles. The van der Waals surface area contributed by atoms with Crippen molar-refractivity contribution in [3.8, 4) is 22.6 Å². The lowest BCUT2D eigenvalue weighted by Gasteiger charge is -2.18. The highest BCUT2D eigenvalue weighted by Gasteiger charge is 2.29. The number of fused-ring (bicyclic) bond motifs is 1. The second-order valence-corrected chi connectivity index (χ2v) is 9.79. The molecule has 0 N–H and O–H groups in total. The summed E-state index contributed by atoms with van der Waals surface area (Å²) in [4.78, 5) is 11.4. The maximum absolute atomic E-state index is 14.0. The van der Waals surface area contributed by atoms with Gasteiger partial charge in [0.15, 0.2) is 0 Å². The van der Waals surface area contributed by atoms with E-state index in [1.807, 2.05) is 66.7 Å². The number of aromatic nitrogens is 1. The summed E-state index contributed by atoms with van der Waals surface area (Å²) >= 11 is 0. The van der Waals surface area contributed by atoms with Crippen LogP contribution in [0.2, 0.25) is 0 Å². The van der Waals surface area contributed by atoms with E-state index < -0.39 is 0 Å². The van der Waals surface area contributed by atoms with Crippen molar-refractivity contribution in [2.75, 3.05) is 13.2 Å². The number of hydrogen-bond donors (Lipinski definition) is 0. The summed E-state index contributed by atoms with van der Waals surface area (Å²) in [6.45, 7) is 6.28. The van der Waals surface area contributed by atoms with Gasteiger partial charge in [-0.3, -0.25) is 4.79 Å². The molecule has 1 aromatic heterocycles. The van der Waals surface area contributed by atoms with E-state index >= 15 is 0 Å². The Morgan fingerprint density at radius 1 is 0.974 bits per heavy atom. The normalized spacial score (nSPS) is 14.9. The van der Waals surface area contributed by atoms with Gasteiger partial charge in [0.1, 0.15) is 24.5 Å². The van der Waals surface area contributed by atoms with Gasteiger partial charge >= 0.3 is 0 Å². The molecule has 1 unspecified atom stereocenters. The number of ether oxygens (including phenoxy) is 2. The lowest BCUT2D eigenvalue weighted by Crippen LogP contribution is -2.08. The van der Waals surface area contributed by atoms with Crippen LogP contribution < -0.4 is 4.74 Å². The highest BCUT2D eigenvalue weighted by atomic mass is 19.1. The van der Waals surface area contributed by atoms with Crippen LogP contribution in [0, 0.1) is 11.7 Å². The fourth-order valence-corrected chi connectivity index (χ4v) is 5.34. The Hall–Kier alpha value is -4.48. The Bertz CT molecular complexity index is 1630. The van der Waals surface area contributed by atoms with Crippen LogP contribution in [0.4, 0.5) is 4.39 Å². The van der Waals surface area contributed by atoms with E-state index in [1.165, 1.54) is 12.1 Å². The van der Waals surface area contributed by atoms with Crippen molar-refractivity contribution in [2.45, 2.75) is 13.0 Å².